The van der Waals surface area contributed by atoms with E-state index in [1.807, 2.05) is 24.3 Å². The normalized spacial score (nSPS) is 18.1. The number of halogens is 1. The molecule has 2 aromatic carbocycles. The third kappa shape index (κ3) is 3.14. The average Bonchev–Trinajstić information content (AvgIpc) is 2.83. The molecule has 1 aliphatic heterocycles. The third-order valence-corrected chi connectivity index (χ3v) is 4.12. The molecule has 1 aliphatic rings. The smallest absolute Gasteiger partial charge is 0.127 e. The number of phenols is 1. The van der Waals surface area contributed by atoms with Crippen LogP contribution in [0.4, 0.5) is 0 Å². The van der Waals surface area contributed by atoms with Crippen LogP contribution in [0.15, 0.2) is 42.5 Å². The van der Waals surface area contributed by atoms with Crippen LogP contribution >= 0.6 is 11.6 Å². The largest absolute Gasteiger partial charge is 0.508 e. The Kier molecular flexibility index (Phi) is 4.04. The Morgan fingerprint density at radius 1 is 1.33 bits per heavy atom. The van der Waals surface area contributed by atoms with Crippen molar-refractivity contribution in [3.05, 3.63) is 58.6 Å². The van der Waals surface area contributed by atoms with Crippen molar-refractivity contribution in [2.75, 3.05) is 6.61 Å². The van der Waals surface area contributed by atoms with E-state index in [9.17, 15) is 5.11 Å². The van der Waals surface area contributed by atoms with E-state index in [0.717, 1.165) is 28.3 Å². The van der Waals surface area contributed by atoms with Crippen LogP contribution in [0.5, 0.6) is 11.5 Å². The number of benzene rings is 2. The lowest BCUT2D eigenvalue weighted by Crippen LogP contribution is -2.33. The molecule has 110 valence electrons. The van der Waals surface area contributed by atoms with E-state index in [4.69, 9.17) is 16.3 Å². The fourth-order valence-corrected chi connectivity index (χ4v) is 2.95. The molecule has 0 aromatic heterocycles. The van der Waals surface area contributed by atoms with Gasteiger partial charge in [0, 0.05) is 22.7 Å². The number of ether oxygens (including phenoxy) is 1. The summed E-state index contributed by atoms with van der Waals surface area (Å²) in [5.74, 6) is 0.996. The van der Waals surface area contributed by atoms with Crippen LogP contribution in [0.25, 0.3) is 0 Å². The van der Waals surface area contributed by atoms with Gasteiger partial charge in [0.15, 0.2) is 0 Å². The van der Waals surface area contributed by atoms with E-state index in [1.54, 1.807) is 12.1 Å². The number of nitrogens with one attached hydrogen (secondary N) is 1. The highest BCUT2D eigenvalue weighted by molar-refractivity contribution is 6.31. The highest BCUT2D eigenvalue weighted by Gasteiger charge is 2.25. The van der Waals surface area contributed by atoms with Crippen molar-refractivity contribution < 1.29 is 9.84 Å². The van der Waals surface area contributed by atoms with Gasteiger partial charge >= 0.3 is 0 Å². The van der Waals surface area contributed by atoms with Crippen LogP contribution in [0, 0.1) is 0 Å². The summed E-state index contributed by atoms with van der Waals surface area (Å²) in [6, 6.07) is 13.6. The third-order valence-electron chi connectivity index (χ3n) is 3.75. The molecule has 2 unspecified atom stereocenters. The molecule has 0 saturated carbocycles. The summed E-state index contributed by atoms with van der Waals surface area (Å²) >= 11 is 6.20. The van der Waals surface area contributed by atoms with Gasteiger partial charge in [-0.1, -0.05) is 29.8 Å². The van der Waals surface area contributed by atoms with Crippen molar-refractivity contribution in [3.8, 4) is 11.5 Å². The minimum absolute atomic E-state index is 0.151. The average molecular weight is 304 g/mol. The summed E-state index contributed by atoms with van der Waals surface area (Å²) < 4.78 is 5.62. The number of phenolic OH excluding ortho intramolecular Hbond substituents is 1. The molecule has 1 heterocycles. The number of aromatic hydroxyl groups is 1. The van der Waals surface area contributed by atoms with Crippen LogP contribution in [0.2, 0.25) is 5.02 Å². The SMILES string of the molecule is CC(Cc1ccccc1Cl)NC1COc2cc(O)ccc21. The highest BCUT2D eigenvalue weighted by atomic mass is 35.5. The lowest BCUT2D eigenvalue weighted by Gasteiger charge is -2.19. The van der Waals surface area contributed by atoms with Crippen LogP contribution in [-0.4, -0.2) is 17.8 Å². The second-order valence-corrected chi connectivity index (χ2v) is 5.86. The molecule has 0 bridgehead atoms. The van der Waals surface area contributed by atoms with Gasteiger partial charge in [-0.15, -0.1) is 0 Å². The minimum Gasteiger partial charge on any atom is -0.508 e. The molecular weight excluding hydrogens is 286 g/mol. The van der Waals surface area contributed by atoms with Crippen molar-refractivity contribution in [3.63, 3.8) is 0 Å². The van der Waals surface area contributed by atoms with Crippen LogP contribution < -0.4 is 10.1 Å². The molecule has 21 heavy (non-hydrogen) atoms. The summed E-state index contributed by atoms with van der Waals surface area (Å²) in [4.78, 5) is 0. The predicted octanol–water partition coefficient (Wildman–Crippen LogP) is 3.70. The first kappa shape index (κ1) is 14.2. The topological polar surface area (TPSA) is 41.5 Å². The van der Waals surface area contributed by atoms with Gasteiger partial charge in [-0.05, 0) is 37.1 Å². The molecule has 3 nitrogen and oxygen atoms in total. The second kappa shape index (κ2) is 5.96. The lowest BCUT2D eigenvalue weighted by molar-refractivity contribution is 0.299. The predicted molar refractivity (Wildman–Crippen MR) is 84.1 cm³/mol. The quantitative estimate of drug-likeness (QED) is 0.905. The molecule has 0 radical (unpaired) electrons. The molecule has 2 atom stereocenters. The van der Waals surface area contributed by atoms with Crippen molar-refractivity contribution in [2.24, 2.45) is 0 Å². The fraction of sp³-hybridized carbons (Fsp3) is 0.294. The Morgan fingerprint density at radius 2 is 2.14 bits per heavy atom. The van der Waals surface area contributed by atoms with Crippen LogP contribution in [0.3, 0.4) is 0 Å². The van der Waals surface area contributed by atoms with E-state index < -0.39 is 0 Å². The van der Waals surface area contributed by atoms with Crippen molar-refractivity contribution >= 4 is 11.6 Å². The van der Waals surface area contributed by atoms with Crippen molar-refractivity contribution in [1.29, 1.82) is 0 Å². The van der Waals surface area contributed by atoms with E-state index in [1.165, 1.54) is 0 Å². The monoisotopic (exact) mass is 303 g/mol. The van der Waals surface area contributed by atoms with E-state index in [2.05, 4.69) is 18.3 Å². The van der Waals surface area contributed by atoms with Gasteiger partial charge in [-0.2, -0.15) is 0 Å². The Bertz CT molecular complexity index is 644. The molecule has 3 rings (SSSR count). The van der Waals surface area contributed by atoms with E-state index in [-0.39, 0.29) is 17.8 Å². The summed E-state index contributed by atoms with van der Waals surface area (Å²) in [7, 11) is 0. The maximum atomic E-state index is 9.47. The molecule has 2 aromatic rings. The standard InChI is InChI=1S/C17H18ClNO2/c1-11(8-12-4-2-3-5-15(12)18)19-16-10-21-17-9-13(20)6-7-14(16)17/h2-7,9,11,16,19-20H,8,10H2,1H3. The second-order valence-electron chi connectivity index (χ2n) is 5.45. The molecule has 4 heteroatoms. The van der Waals surface area contributed by atoms with Gasteiger partial charge in [0.1, 0.15) is 18.1 Å². The number of hydrogen-bond acceptors (Lipinski definition) is 3. The Labute approximate surface area is 129 Å². The first-order chi connectivity index (χ1) is 10.1. The molecular formula is C17H18ClNO2. The molecule has 2 N–H and O–H groups in total. The van der Waals surface area contributed by atoms with Crippen molar-refractivity contribution in [2.45, 2.75) is 25.4 Å². The first-order valence-electron chi connectivity index (χ1n) is 7.08. The maximum Gasteiger partial charge on any atom is 0.127 e. The molecule has 0 saturated heterocycles. The van der Waals surface area contributed by atoms with Gasteiger partial charge in [-0.3, -0.25) is 0 Å². The van der Waals surface area contributed by atoms with Crippen LogP contribution in [0.1, 0.15) is 24.1 Å². The zero-order chi connectivity index (χ0) is 14.8. The maximum absolute atomic E-state index is 9.47. The summed E-state index contributed by atoms with van der Waals surface area (Å²) in [6.45, 7) is 2.73. The zero-order valence-corrected chi connectivity index (χ0v) is 12.6. The lowest BCUT2D eigenvalue weighted by atomic mass is 10.0. The molecule has 0 aliphatic carbocycles. The first-order valence-corrected chi connectivity index (χ1v) is 7.46. The summed E-state index contributed by atoms with van der Waals surface area (Å²) in [5.41, 5.74) is 2.24. The Hall–Kier alpha value is -1.71. The van der Waals surface area contributed by atoms with E-state index >= 15 is 0 Å². The summed E-state index contributed by atoms with van der Waals surface area (Å²) in [5, 5.41) is 13.8. The highest BCUT2D eigenvalue weighted by Crippen LogP contribution is 2.35. The van der Waals surface area contributed by atoms with Gasteiger partial charge in [0.25, 0.3) is 0 Å². The molecule has 0 spiro atoms. The van der Waals surface area contributed by atoms with Crippen LogP contribution in [-0.2, 0) is 6.42 Å². The van der Waals surface area contributed by atoms with Crippen molar-refractivity contribution in [1.82, 2.24) is 5.32 Å². The molecule has 0 amide bonds. The van der Waals surface area contributed by atoms with Gasteiger partial charge in [-0.25, -0.2) is 0 Å². The minimum atomic E-state index is 0.151. The Balaban J connectivity index is 1.67. The Morgan fingerprint density at radius 3 is 2.95 bits per heavy atom. The van der Waals surface area contributed by atoms with Gasteiger partial charge < -0.3 is 15.2 Å². The van der Waals surface area contributed by atoms with Gasteiger partial charge in [0.05, 0.1) is 6.04 Å². The molecule has 0 fully saturated rings. The zero-order valence-electron chi connectivity index (χ0n) is 11.8. The number of fused-ring (bicyclic) bond motifs is 1. The number of hydrogen-bond donors (Lipinski definition) is 2. The van der Waals surface area contributed by atoms with Gasteiger partial charge in [0.2, 0.25) is 0 Å². The number of rotatable bonds is 4. The summed E-state index contributed by atoms with van der Waals surface area (Å²) in [6.07, 6.45) is 0.865. The fourth-order valence-electron chi connectivity index (χ4n) is 2.73. The van der Waals surface area contributed by atoms with E-state index in [0.29, 0.717) is 6.61 Å².